The van der Waals surface area contributed by atoms with E-state index in [-0.39, 0.29) is 0 Å². The Balaban J connectivity index is 1.78. The van der Waals surface area contributed by atoms with Gasteiger partial charge in [-0.2, -0.15) is 0 Å². The Morgan fingerprint density at radius 2 is 1.64 bits per heavy atom. The Hall–Kier alpha value is -2.81. The van der Waals surface area contributed by atoms with Gasteiger partial charge in [-0.3, -0.25) is 0 Å². The van der Waals surface area contributed by atoms with Crippen LogP contribution in [0.5, 0.6) is 17.2 Å². The van der Waals surface area contributed by atoms with E-state index in [1.54, 1.807) is 7.11 Å². The van der Waals surface area contributed by atoms with Gasteiger partial charge in [0.1, 0.15) is 37.6 Å². The maximum absolute atomic E-state index is 6.08. The summed E-state index contributed by atoms with van der Waals surface area (Å²) in [4.78, 5) is 4.67. The minimum Gasteiger partial charge on any atom is -0.491 e. The number of fused-ring (bicyclic) bond motifs is 1. The molecule has 0 aliphatic heterocycles. The molecule has 0 N–H and O–H groups in total. The Morgan fingerprint density at radius 3 is 2.36 bits per heavy atom. The van der Waals surface area contributed by atoms with Crippen LogP contribution in [0, 0.1) is 11.5 Å². The second kappa shape index (κ2) is 8.92. The van der Waals surface area contributed by atoms with Crippen LogP contribution in [0.3, 0.4) is 0 Å². The fraction of sp³-hybridized carbons (Fsp3) is 0.261. The van der Waals surface area contributed by atoms with E-state index in [0.29, 0.717) is 13.2 Å². The molecule has 0 atom stereocenters. The lowest BCUT2D eigenvalue weighted by Gasteiger charge is -2.10. The third-order valence-electron chi connectivity index (χ3n) is 3.87. The average Bonchev–Trinajstić information content (AvgIpc) is 2.67. The quantitative estimate of drug-likeness (QED) is 0.326. The van der Waals surface area contributed by atoms with Crippen molar-refractivity contribution in [2.45, 2.75) is 19.6 Å². The van der Waals surface area contributed by atoms with Crippen LogP contribution in [-0.4, -0.2) is 33.4 Å². The Morgan fingerprint density at radius 1 is 0.893 bits per heavy atom. The predicted molar refractivity (Wildman–Crippen MR) is 116 cm³/mol. The molecule has 0 spiro atoms. The van der Waals surface area contributed by atoms with Gasteiger partial charge in [0, 0.05) is 12.5 Å². The summed E-state index contributed by atoms with van der Waals surface area (Å²) in [5.41, 5.74) is 5.03. The molecule has 4 nitrogen and oxygen atoms in total. The van der Waals surface area contributed by atoms with Crippen LogP contribution in [0.2, 0.25) is 19.6 Å². The van der Waals surface area contributed by atoms with Crippen molar-refractivity contribution in [3.63, 3.8) is 0 Å². The van der Waals surface area contributed by atoms with Gasteiger partial charge in [0.2, 0.25) is 0 Å². The SMILES string of the molecule is COCCOc1ccc(Oc2cccc3nc(C#C[Si](C)(C)C)ccc23)cc1. The Labute approximate surface area is 167 Å². The summed E-state index contributed by atoms with van der Waals surface area (Å²) in [6, 6.07) is 17.4. The molecule has 2 aromatic carbocycles. The highest BCUT2D eigenvalue weighted by molar-refractivity contribution is 6.83. The number of hydrogen-bond donors (Lipinski definition) is 0. The van der Waals surface area contributed by atoms with E-state index in [4.69, 9.17) is 14.2 Å². The first-order valence-electron chi connectivity index (χ1n) is 9.27. The summed E-state index contributed by atoms with van der Waals surface area (Å²) in [6.07, 6.45) is 0. The molecule has 1 aromatic heterocycles. The van der Waals surface area contributed by atoms with Crippen molar-refractivity contribution in [1.82, 2.24) is 4.98 Å². The third kappa shape index (κ3) is 5.59. The molecule has 0 amide bonds. The second-order valence-corrected chi connectivity index (χ2v) is 12.2. The fourth-order valence-corrected chi connectivity index (χ4v) is 3.01. The molecule has 144 valence electrons. The van der Waals surface area contributed by atoms with Crippen molar-refractivity contribution in [3.05, 3.63) is 60.3 Å². The summed E-state index contributed by atoms with van der Waals surface area (Å²) < 4.78 is 16.6. The maximum Gasteiger partial charge on any atom is 0.136 e. The highest BCUT2D eigenvalue weighted by Gasteiger charge is 2.09. The number of aromatic nitrogens is 1. The van der Waals surface area contributed by atoms with Gasteiger partial charge in [-0.15, -0.1) is 5.54 Å². The first-order valence-corrected chi connectivity index (χ1v) is 12.8. The Bertz CT molecular complexity index is 998. The van der Waals surface area contributed by atoms with E-state index >= 15 is 0 Å². The summed E-state index contributed by atoms with van der Waals surface area (Å²) in [5, 5.41) is 0.960. The van der Waals surface area contributed by atoms with Crippen LogP contribution in [0.4, 0.5) is 0 Å². The van der Waals surface area contributed by atoms with Crippen LogP contribution in [0.25, 0.3) is 10.9 Å². The molecular weight excluding hydrogens is 366 g/mol. The summed E-state index contributed by atoms with van der Waals surface area (Å²) >= 11 is 0. The van der Waals surface area contributed by atoms with Crippen molar-refractivity contribution in [3.8, 4) is 28.7 Å². The smallest absolute Gasteiger partial charge is 0.136 e. The molecular formula is C23H25NO3Si. The highest BCUT2D eigenvalue weighted by atomic mass is 28.3. The van der Waals surface area contributed by atoms with Gasteiger partial charge in [0.25, 0.3) is 0 Å². The molecule has 0 unspecified atom stereocenters. The summed E-state index contributed by atoms with van der Waals surface area (Å²) in [5.74, 6) is 5.51. The molecule has 0 fully saturated rings. The van der Waals surface area contributed by atoms with Crippen LogP contribution in [-0.2, 0) is 4.74 Å². The highest BCUT2D eigenvalue weighted by Crippen LogP contribution is 2.30. The fourth-order valence-electron chi connectivity index (χ4n) is 2.51. The zero-order valence-corrected chi connectivity index (χ0v) is 17.8. The van der Waals surface area contributed by atoms with Crippen LogP contribution in [0.15, 0.2) is 54.6 Å². The van der Waals surface area contributed by atoms with Crippen LogP contribution >= 0.6 is 0 Å². The van der Waals surface area contributed by atoms with Crippen molar-refractivity contribution >= 4 is 19.0 Å². The topological polar surface area (TPSA) is 40.6 Å². The number of nitrogens with zero attached hydrogens (tertiary/aromatic N) is 1. The standard InChI is InChI=1S/C23H25NO3Si/c1-25-15-16-26-19-9-11-20(12-10-19)27-23-7-5-6-22-21(23)13-8-18(24-22)14-17-28(2,3)4/h5-13H,15-16H2,1-4H3. The summed E-state index contributed by atoms with van der Waals surface area (Å²) in [6.45, 7) is 7.75. The van der Waals surface area contributed by atoms with Crippen molar-refractivity contribution in [1.29, 1.82) is 0 Å². The van der Waals surface area contributed by atoms with Crippen molar-refractivity contribution < 1.29 is 14.2 Å². The largest absolute Gasteiger partial charge is 0.491 e. The van der Waals surface area contributed by atoms with E-state index in [2.05, 4.69) is 36.1 Å². The van der Waals surface area contributed by atoms with E-state index < -0.39 is 8.07 Å². The molecule has 5 heteroatoms. The zero-order valence-electron chi connectivity index (χ0n) is 16.8. The summed E-state index contributed by atoms with van der Waals surface area (Å²) in [7, 11) is 0.226. The molecule has 0 bridgehead atoms. The number of methoxy groups -OCH3 is 1. The first-order chi connectivity index (χ1) is 13.4. The molecule has 0 aliphatic rings. The zero-order chi connectivity index (χ0) is 20.0. The van der Waals surface area contributed by atoms with Gasteiger partial charge < -0.3 is 14.2 Å². The maximum atomic E-state index is 6.08. The van der Waals surface area contributed by atoms with Crippen molar-refractivity contribution in [2.24, 2.45) is 0 Å². The number of ether oxygens (including phenoxy) is 3. The van der Waals surface area contributed by atoms with Gasteiger partial charge in [0.15, 0.2) is 0 Å². The monoisotopic (exact) mass is 391 g/mol. The molecule has 0 aliphatic carbocycles. The van der Waals surface area contributed by atoms with Crippen LogP contribution < -0.4 is 9.47 Å². The van der Waals surface area contributed by atoms with Gasteiger partial charge in [-0.25, -0.2) is 4.98 Å². The number of benzene rings is 2. The molecule has 3 aromatic rings. The first kappa shape index (κ1) is 19.9. The average molecular weight is 392 g/mol. The van der Waals surface area contributed by atoms with E-state index in [1.807, 2.05) is 54.6 Å². The lowest BCUT2D eigenvalue weighted by Crippen LogP contribution is -2.16. The lowest BCUT2D eigenvalue weighted by molar-refractivity contribution is 0.146. The minimum atomic E-state index is -1.43. The molecule has 0 saturated heterocycles. The predicted octanol–water partition coefficient (Wildman–Crippen LogP) is 5.28. The third-order valence-corrected chi connectivity index (χ3v) is 4.74. The number of hydrogen-bond acceptors (Lipinski definition) is 4. The van der Waals surface area contributed by atoms with Gasteiger partial charge in [0.05, 0.1) is 12.1 Å². The van der Waals surface area contributed by atoms with Gasteiger partial charge in [-0.05, 0) is 48.5 Å². The molecule has 3 rings (SSSR count). The molecule has 0 radical (unpaired) electrons. The number of rotatable bonds is 6. The molecule has 0 saturated carbocycles. The van der Waals surface area contributed by atoms with E-state index in [1.165, 1.54) is 0 Å². The van der Waals surface area contributed by atoms with Crippen LogP contribution in [0.1, 0.15) is 5.69 Å². The molecule has 28 heavy (non-hydrogen) atoms. The van der Waals surface area contributed by atoms with Crippen molar-refractivity contribution in [2.75, 3.05) is 20.3 Å². The second-order valence-electron chi connectivity index (χ2n) is 7.43. The minimum absolute atomic E-state index is 0.522. The van der Waals surface area contributed by atoms with Gasteiger partial charge in [-0.1, -0.05) is 31.6 Å². The molecule has 1 heterocycles. The normalized spacial score (nSPS) is 11.0. The van der Waals surface area contributed by atoms with E-state index in [0.717, 1.165) is 33.8 Å². The van der Waals surface area contributed by atoms with Gasteiger partial charge >= 0.3 is 0 Å². The lowest BCUT2D eigenvalue weighted by atomic mass is 10.2. The number of pyridine rings is 1. The van der Waals surface area contributed by atoms with E-state index in [9.17, 15) is 0 Å². The Kier molecular flexibility index (Phi) is 6.35.